The van der Waals surface area contributed by atoms with Crippen LogP contribution >= 0.6 is 0 Å². The number of carbonyl (C=O) groups excluding carboxylic acids is 1. The zero-order chi connectivity index (χ0) is 13.1. The Morgan fingerprint density at radius 1 is 1.56 bits per heavy atom. The summed E-state index contributed by atoms with van der Waals surface area (Å²) in [6.07, 6.45) is 1.01. The fraction of sp³-hybridized carbons (Fsp3) is 0.417. The molecular formula is C12H15N3O3. The number of nitrogens with two attached hydrogens (primary N) is 1. The third-order valence-corrected chi connectivity index (χ3v) is 3.05. The summed E-state index contributed by atoms with van der Waals surface area (Å²) in [5.41, 5.74) is 6.41. The van der Waals surface area contributed by atoms with Gasteiger partial charge >= 0.3 is 0 Å². The molecule has 96 valence electrons. The molecule has 0 unspecified atom stereocenters. The van der Waals surface area contributed by atoms with Crippen LogP contribution in [0.1, 0.15) is 12.0 Å². The Morgan fingerprint density at radius 3 is 2.94 bits per heavy atom. The van der Waals surface area contributed by atoms with E-state index in [1.807, 2.05) is 0 Å². The number of carbonyl (C=O) groups is 1. The maximum Gasteiger partial charge on any atom is 0.269 e. The lowest BCUT2D eigenvalue weighted by Crippen LogP contribution is -2.32. The molecule has 0 radical (unpaired) electrons. The van der Waals surface area contributed by atoms with Crippen molar-refractivity contribution in [1.82, 2.24) is 4.90 Å². The molecule has 0 saturated carbocycles. The largest absolute Gasteiger partial charge is 0.341 e. The summed E-state index contributed by atoms with van der Waals surface area (Å²) >= 11 is 0. The van der Waals surface area contributed by atoms with Gasteiger partial charge in [0.15, 0.2) is 0 Å². The highest BCUT2D eigenvalue weighted by Gasteiger charge is 2.23. The molecule has 1 aromatic carbocycles. The first kappa shape index (κ1) is 12.5. The standard InChI is InChI=1S/C12H15N3O3/c13-10-4-5-14(8-10)12(16)7-9-2-1-3-11(6-9)15(17)18/h1-3,6,10H,4-5,7-8,13H2/t10-/m1/s1. The van der Waals surface area contributed by atoms with Crippen LogP contribution < -0.4 is 5.73 Å². The van der Waals surface area contributed by atoms with Crippen LogP contribution in [0.5, 0.6) is 0 Å². The number of nitro groups is 1. The van der Waals surface area contributed by atoms with Crippen molar-refractivity contribution in [3.63, 3.8) is 0 Å². The van der Waals surface area contributed by atoms with Crippen molar-refractivity contribution >= 4 is 11.6 Å². The summed E-state index contributed by atoms with van der Waals surface area (Å²) in [6.45, 7) is 1.25. The predicted molar refractivity (Wildman–Crippen MR) is 66.0 cm³/mol. The maximum absolute atomic E-state index is 11.9. The number of rotatable bonds is 3. The van der Waals surface area contributed by atoms with Crippen molar-refractivity contribution in [3.05, 3.63) is 39.9 Å². The van der Waals surface area contributed by atoms with Crippen LogP contribution in [0.3, 0.4) is 0 Å². The molecule has 1 aliphatic heterocycles. The molecule has 0 bridgehead atoms. The van der Waals surface area contributed by atoms with Crippen molar-refractivity contribution < 1.29 is 9.72 Å². The van der Waals surface area contributed by atoms with Crippen LogP contribution in [0, 0.1) is 10.1 Å². The van der Waals surface area contributed by atoms with Crippen molar-refractivity contribution in [2.24, 2.45) is 5.73 Å². The second-order valence-corrected chi connectivity index (χ2v) is 4.49. The molecule has 0 aromatic heterocycles. The minimum absolute atomic E-state index is 0.0124. The van der Waals surface area contributed by atoms with Crippen LogP contribution in [0.25, 0.3) is 0 Å². The molecule has 0 spiro atoms. The molecule has 1 saturated heterocycles. The summed E-state index contributed by atoms with van der Waals surface area (Å²) in [5.74, 6) is -0.0246. The van der Waals surface area contributed by atoms with Gasteiger partial charge in [0.05, 0.1) is 11.3 Å². The first-order valence-corrected chi connectivity index (χ1v) is 5.83. The third-order valence-electron chi connectivity index (χ3n) is 3.05. The fourth-order valence-electron chi connectivity index (χ4n) is 2.08. The van der Waals surface area contributed by atoms with Crippen LogP contribution in [0.2, 0.25) is 0 Å². The number of likely N-dealkylation sites (tertiary alicyclic amines) is 1. The second-order valence-electron chi connectivity index (χ2n) is 4.49. The lowest BCUT2D eigenvalue weighted by Gasteiger charge is -2.15. The van der Waals surface area contributed by atoms with E-state index < -0.39 is 4.92 Å². The minimum Gasteiger partial charge on any atom is -0.341 e. The fourth-order valence-corrected chi connectivity index (χ4v) is 2.08. The Kier molecular flexibility index (Phi) is 3.57. The van der Waals surface area contributed by atoms with E-state index in [0.717, 1.165) is 6.42 Å². The topological polar surface area (TPSA) is 89.5 Å². The zero-order valence-corrected chi connectivity index (χ0v) is 9.91. The van der Waals surface area contributed by atoms with Gasteiger partial charge in [0.25, 0.3) is 5.69 Å². The van der Waals surface area contributed by atoms with E-state index in [1.165, 1.54) is 12.1 Å². The predicted octanol–water partition coefficient (Wildman–Crippen LogP) is 0.697. The Hall–Kier alpha value is -1.95. The van der Waals surface area contributed by atoms with Crippen LogP contribution in [-0.4, -0.2) is 34.9 Å². The molecule has 6 nitrogen and oxygen atoms in total. The smallest absolute Gasteiger partial charge is 0.269 e. The van der Waals surface area contributed by atoms with Gasteiger partial charge in [0, 0.05) is 31.3 Å². The van der Waals surface area contributed by atoms with Gasteiger partial charge in [-0.2, -0.15) is 0 Å². The lowest BCUT2D eigenvalue weighted by molar-refractivity contribution is -0.384. The molecule has 1 heterocycles. The molecule has 6 heteroatoms. The first-order valence-electron chi connectivity index (χ1n) is 5.83. The minimum atomic E-state index is -0.459. The second kappa shape index (κ2) is 5.14. The molecule has 1 atom stereocenters. The Bertz CT molecular complexity index is 475. The Labute approximate surface area is 105 Å². The SMILES string of the molecule is N[C@@H]1CCN(C(=O)Cc2cccc([N+](=O)[O-])c2)C1. The summed E-state index contributed by atoms with van der Waals surface area (Å²) in [4.78, 5) is 23.8. The third kappa shape index (κ3) is 2.84. The van der Waals surface area contributed by atoms with Gasteiger partial charge in [-0.3, -0.25) is 14.9 Å². The van der Waals surface area contributed by atoms with Gasteiger partial charge in [0.1, 0.15) is 0 Å². The molecular weight excluding hydrogens is 234 g/mol. The average molecular weight is 249 g/mol. The molecule has 1 aliphatic rings. The van der Waals surface area contributed by atoms with Gasteiger partial charge in [-0.15, -0.1) is 0 Å². The van der Waals surface area contributed by atoms with E-state index in [1.54, 1.807) is 17.0 Å². The van der Waals surface area contributed by atoms with E-state index in [9.17, 15) is 14.9 Å². The Morgan fingerprint density at radius 2 is 2.33 bits per heavy atom. The molecule has 1 fully saturated rings. The molecule has 18 heavy (non-hydrogen) atoms. The van der Waals surface area contributed by atoms with Gasteiger partial charge in [-0.05, 0) is 12.0 Å². The van der Waals surface area contributed by atoms with Crippen molar-refractivity contribution in [2.75, 3.05) is 13.1 Å². The number of nitro benzene ring substituents is 1. The number of hydrogen-bond donors (Lipinski definition) is 1. The normalized spacial score (nSPS) is 18.9. The van der Waals surface area contributed by atoms with Crippen LogP contribution in [0.4, 0.5) is 5.69 Å². The maximum atomic E-state index is 11.9. The first-order chi connectivity index (χ1) is 8.56. The summed E-state index contributed by atoms with van der Waals surface area (Å²) in [5, 5.41) is 10.6. The van der Waals surface area contributed by atoms with Gasteiger partial charge in [-0.25, -0.2) is 0 Å². The van der Waals surface area contributed by atoms with E-state index in [4.69, 9.17) is 5.73 Å². The highest BCUT2D eigenvalue weighted by atomic mass is 16.6. The van der Waals surface area contributed by atoms with Gasteiger partial charge < -0.3 is 10.6 Å². The van der Waals surface area contributed by atoms with Crippen molar-refractivity contribution in [1.29, 1.82) is 0 Å². The highest BCUT2D eigenvalue weighted by molar-refractivity contribution is 5.79. The summed E-state index contributed by atoms with van der Waals surface area (Å²) < 4.78 is 0. The van der Waals surface area contributed by atoms with E-state index in [2.05, 4.69) is 0 Å². The van der Waals surface area contributed by atoms with Crippen LogP contribution in [-0.2, 0) is 11.2 Å². The zero-order valence-electron chi connectivity index (χ0n) is 9.91. The monoisotopic (exact) mass is 249 g/mol. The molecule has 0 aliphatic carbocycles. The van der Waals surface area contributed by atoms with E-state index in [-0.39, 0.29) is 24.1 Å². The number of nitrogens with zero attached hydrogens (tertiary/aromatic N) is 2. The molecule has 2 rings (SSSR count). The summed E-state index contributed by atoms with van der Waals surface area (Å²) in [7, 11) is 0. The molecule has 1 amide bonds. The van der Waals surface area contributed by atoms with Gasteiger partial charge in [-0.1, -0.05) is 12.1 Å². The number of non-ortho nitro benzene ring substituents is 1. The van der Waals surface area contributed by atoms with Crippen LogP contribution in [0.15, 0.2) is 24.3 Å². The average Bonchev–Trinajstić information content (AvgIpc) is 2.76. The number of hydrogen-bond acceptors (Lipinski definition) is 4. The lowest BCUT2D eigenvalue weighted by atomic mass is 10.1. The van der Waals surface area contributed by atoms with Crippen molar-refractivity contribution in [3.8, 4) is 0 Å². The Balaban J connectivity index is 2.03. The van der Waals surface area contributed by atoms with Crippen molar-refractivity contribution in [2.45, 2.75) is 18.9 Å². The number of benzene rings is 1. The quantitative estimate of drug-likeness (QED) is 0.630. The number of amides is 1. The van der Waals surface area contributed by atoms with E-state index >= 15 is 0 Å². The molecule has 1 aromatic rings. The molecule has 2 N–H and O–H groups in total. The summed E-state index contributed by atoms with van der Waals surface area (Å²) in [6, 6.07) is 6.23. The van der Waals surface area contributed by atoms with Gasteiger partial charge in [0.2, 0.25) is 5.91 Å². The highest BCUT2D eigenvalue weighted by Crippen LogP contribution is 2.15. The van der Waals surface area contributed by atoms with E-state index in [0.29, 0.717) is 18.7 Å².